The van der Waals surface area contributed by atoms with E-state index >= 15 is 0 Å². The van der Waals surface area contributed by atoms with Gasteiger partial charge in [-0.25, -0.2) is 9.50 Å². The number of halogens is 3. The van der Waals surface area contributed by atoms with E-state index in [9.17, 15) is 18.0 Å². The number of alkyl halides is 3. The highest BCUT2D eigenvalue weighted by Crippen LogP contribution is 2.43. The van der Waals surface area contributed by atoms with Crippen LogP contribution in [0.15, 0.2) is 36.8 Å². The molecular weight excluding hydrogens is 459 g/mol. The highest BCUT2D eigenvalue weighted by Gasteiger charge is 2.44. The van der Waals surface area contributed by atoms with E-state index < -0.39 is 17.6 Å². The van der Waals surface area contributed by atoms with Crippen molar-refractivity contribution in [1.29, 1.82) is 0 Å². The predicted molar refractivity (Wildman–Crippen MR) is 122 cm³/mol. The van der Waals surface area contributed by atoms with Gasteiger partial charge in [-0.15, -0.1) is 5.10 Å². The summed E-state index contributed by atoms with van der Waals surface area (Å²) in [5.74, 6) is 0.0383. The SMILES string of the molecule is C[C@@H](C1CC1)N1Cc2cc(-c3ccn4nc(N)c(-c5cnn(C)c5)c4n3)cc(C(F)(F)F)c2C1=O. The van der Waals surface area contributed by atoms with Crippen molar-refractivity contribution in [2.24, 2.45) is 13.0 Å². The van der Waals surface area contributed by atoms with E-state index in [1.54, 1.807) is 47.4 Å². The van der Waals surface area contributed by atoms with Crippen molar-refractivity contribution in [3.8, 4) is 22.4 Å². The second-order valence-corrected chi connectivity index (χ2v) is 9.31. The number of nitrogen functional groups attached to an aromatic ring is 1. The fraction of sp³-hybridized carbons (Fsp3) is 0.333. The fourth-order valence-corrected chi connectivity index (χ4v) is 4.95. The number of aromatic nitrogens is 5. The van der Waals surface area contributed by atoms with Crippen LogP contribution in [0.4, 0.5) is 19.0 Å². The Morgan fingerprint density at radius 3 is 2.60 bits per heavy atom. The molecule has 0 saturated heterocycles. The van der Waals surface area contributed by atoms with Gasteiger partial charge in [0.1, 0.15) is 0 Å². The molecule has 4 aromatic rings. The van der Waals surface area contributed by atoms with Crippen LogP contribution in [0.1, 0.15) is 41.3 Å². The van der Waals surface area contributed by atoms with E-state index in [1.807, 2.05) is 6.92 Å². The van der Waals surface area contributed by atoms with Crippen LogP contribution in [-0.2, 0) is 19.8 Å². The molecule has 6 rings (SSSR count). The maximum Gasteiger partial charge on any atom is 0.417 e. The number of hydrogen-bond acceptors (Lipinski definition) is 5. The molecule has 0 unspecified atom stereocenters. The number of anilines is 1. The molecule has 35 heavy (non-hydrogen) atoms. The lowest BCUT2D eigenvalue weighted by Crippen LogP contribution is -2.35. The number of carbonyl (C=O) groups is 1. The summed E-state index contributed by atoms with van der Waals surface area (Å²) in [4.78, 5) is 19.2. The molecule has 180 valence electrons. The number of rotatable bonds is 4. The molecule has 0 bridgehead atoms. The van der Waals surface area contributed by atoms with Crippen molar-refractivity contribution in [2.75, 3.05) is 5.73 Å². The number of aryl methyl sites for hydroxylation is 1. The summed E-state index contributed by atoms with van der Waals surface area (Å²) in [5, 5.41) is 8.43. The smallest absolute Gasteiger partial charge is 0.382 e. The third-order valence-electron chi connectivity index (χ3n) is 6.94. The van der Waals surface area contributed by atoms with Gasteiger partial charge in [-0.05, 0) is 49.4 Å². The number of hydrogen-bond donors (Lipinski definition) is 1. The first-order valence-electron chi connectivity index (χ1n) is 11.3. The lowest BCUT2D eigenvalue weighted by atomic mass is 9.97. The summed E-state index contributed by atoms with van der Waals surface area (Å²) in [6.45, 7) is 2.07. The second kappa shape index (κ2) is 7.30. The number of benzene rings is 1. The number of carbonyl (C=O) groups excluding carboxylic acids is 1. The molecule has 1 amide bonds. The summed E-state index contributed by atoms with van der Waals surface area (Å²) in [5.41, 5.74) is 7.59. The third-order valence-corrected chi connectivity index (χ3v) is 6.94. The lowest BCUT2D eigenvalue weighted by Gasteiger charge is -2.24. The topological polar surface area (TPSA) is 94.3 Å². The van der Waals surface area contributed by atoms with E-state index in [0.717, 1.165) is 18.9 Å². The van der Waals surface area contributed by atoms with E-state index in [0.29, 0.717) is 33.9 Å². The molecule has 8 nitrogen and oxygen atoms in total. The number of nitrogens with two attached hydrogens (primary N) is 1. The molecule has 1 atom stereocenters. The van der Waals surface area contributed by atoms with Gasteiger partial charge in [-0.3, -0.25) is 9.48 Å². The van der Waals surface area contributed by atoms with Crippen LogP contribution in [0, 0.1) is 5.92 Å². The molecule has 1 fully saturated rings. The maximum absolute atomic E-state index is 14.1. The summed E-state index contributed by atoms with van der Waals surface area (Å²) >= 11 is 0. The van der Waals surface area contributed by atoms with Gasteiger partial charge < -0.3 is 10.6 Å². The molecule has 2 N–H and O–H groups in total. The second-order valence-electron chi connectivity index (χ2n) is 9.31. The fourth-order valence-electron chi connectivity index (χ4n) is 4.95. The largest absolute Gasteiger partial charge is 0.417 e. The van der Waals surface area contributed by atoms with Crippen LogP contribution in [0.25, 0.3) is 28.0 Å². The van der Waals surface area contributed by atoms with Gasteiger partial charge in [0.2, 0.25) is 0 Å². The van der Waals surface area contributed by atoms with Crippen LogP contribution < -0.4 is 5.73 Å². The zero-order valence-electron chi connectivity index (χ0n) is 19.0. The number of amides is 1. The molecular formula is C24H22F3N7O. The van der Waals surface area contributed by atoms with Gasteiger partial charge >= 0.3 is 6.18 Å². The molecule has 4 heterocycles. The zero-order chi connectivity index (χ0) is 24.6. The Kier molecular flexibility index (Phi) is 4.51. The average Bonchev–Trinajstić information content (AvgIpc) is 3.38. The van der Waals surface area contributed by atoms with E-state index in [2.05, 4.69) is 15.2 Å². The standard InChI is InChI=1S/C24H22F3N7O/c1-12(13-3-4-13)33-11-15-7-14(8-17(24(25,26)27)19(15)23(33)35)18-5-6-34-22(30-18)20(21(28)31-34)16-9-29-32(2)10-16/h5-10,12-13H,3-4,11H2,1-2H3,(H2,28,31)/t12-/m0/s1. The Bertz CT molecular complexity index is 1500. The van der Waals surface area contributed by atoms with Gasteiger partial charge in [0.05, 0.1) is 28.6 Å². The Balaban J connectivity index is 1.49. The third kappa shape index (κ3) is 3.44. The van der Waals surface area contributed by atoms with Crippen molar-refractivity contribution in [3.05, 3.63) is 53.5 Å². The minimum Gasteiger partial charge on any atom is -0.382 e. The summed E-state index contributed by atoms with van der Waals surface area (Å²) in [7, 11) is 1.77. The molecule has 1 aromatic carbocycles. The Morgan fingerprint density at radius 1 is 1.17 bits per heavy atom. The van der Waals surface area contributed by atoms with Crippen LogP contribution in [0.2, 0.25) is 0 Å². The monoisotopic (exact) mass is 481 g/mol. The summed E-state index contributed by atoms with van der Waals surface area (Å²) in [6.07, 6.45) is 2.31. The Hall–Kier alpha value is -3.89. The molecule has 3 aromatic heterocycles. The van der Waals surface area contributed by atoms with Crippen LogP contribution in [0.3, 0.4) is 0 Å². The normalized spacial score (nSPS) is 16.8. The van der Waals surface area contributed by atoms with Crippen LogP contribution in [-0.4, -0.2) is 41.2 Å². The Labute approximate surface area is 198 Å². The van der Waals surface area contributed by atoms with Crippen molar-refractivity contribution >= 4 is 17.4 Å². The minimum atomic E-state index is -4.68. The average molecular weight is 481 g/mol. The van der Waals surface area contributed by atoms with E-state index in [-0.39, 0.29) is 29.5 Å². The zero-order valence-corrected chi connectivity index (χ0v) is 19.0. The summed E-state index contributed by atoms with van der Waals surface area (Å²) < 4.78 is 45.5. The summed E-state index contributed by atoms with van der Waals surface area (Å²) in [6, 6.07) is 4.16. The number of nitrogens with zero attached hydrogens (tertiary/aromatic N) is 6. The van der Waals surface area contributed by atoms with Crippen LogP contribution in [0.5, 0.6) is 0 Å². The molecule has 0 spiro atoms. The molecule has 1 aliphatic heterocycles. The quantitative estimate of drug-likeness (QED) is 0.473. The molecule has 1 aliphatic carbocycles. The molecule has 11 heteroatoms. The van der Waals surface area contributed by atoms with Crippen molar-refractivity contribution in [1.82, 2.24) is 29.3 Å². The maximum atomic E-state index is 14.1. The van der Waals surface area contributed by atoms with Gasteiger partial charge in [-0.2, -0.15) is 18.3 Å². The Morgan fingerprint density at radius 2 is 1.94 bits per heavy atom. The van der Waals surface area contributed by atoms with Crippen LogP contribution >= 0.6 is 0 Å². The first-order chi connectivity index (χ1) is 16.6. The van der Waals surface area contributed by atoms with Gasteiger partial charge in [0.25, 0.3) is 5.91 Å². The first kappa shape index (κ1) is 21.6. The van der Waals surface area contributed by atoms with Crippen molar-refractivity contribution < 1.29 is 18.0 Å². The molecule has 1 saturated carbocycles. The minimum absolute atomic E-state index is 0.0919. The highest BCUT2D eigenvalue weighted by atomic mass is 19.4. The lowest BCUT2D eigenvalue weighted by molar-refractivity contribution is -0.137. The molecule has 2 aliphatic rings. The van der Waals surface area contributed by atoms with Gasteiger partial charge in [0, 0.05) is 43.2 Å². The van der Waals surface area contributed by atoms with E-state index in [4.69, 9.17) is 5.73 Å². The van der Waals surface area contributed by atoms with Gasteiger partial charge in [0.15, 0.2) is 11.5 Å². The number of fused-ring (bicyclic) bond motifs is 2. The molecule has 0 radical (unpaired) electrons. The van der Waals surface area contributed by atoms with Gasteiger partial charge in [-0.1, -0.05) is 0 Å². The highest BCUT2D eigenvalue weighted by molar-refractivity contribution is 6.01. The predicted octanol–water partition coefficient (Wildman–Crippen LogP) is 4.15. The first-order valence-corrected chi connectivity index (χ1v) is 11.3. The van der Waals surface area contributed by atoms with Crippen molar-refractivity contribution in [3.63, 3.8) is 0 Å². The van der Waals surface area contributed by atoms with E-state index in [1.165, 1.54) is 4.52 Å². The van der Waals surface area contributed by atoms with Crippen molar-refractivity contribution in [2.45, 2.75) is 38.5 Å².